The van der Waals surface area contributed by atoms with Gasteiger partial charge in [0.25, 0.3) is 0 Å². The van der Waals surface area contributed by atoms with Crippen molar-refractivity contribution in [3.63, 3.8) is 0 Å². The zero-order chi connectivity index (χ0) is 35.3. The van der Waals surface area contributed by atoms with Gasteiger partial charge in [0.15, 0.2) is 12.6 Å². The van der Waals surface area contributed by atoms with Crippen LogP contribution in [0.25, 0.3) is 0 Å². The summed E-state index contributed by atoms with van der Waals surface area (Å²) in [7, 11) is 17.2. The number of methoxy groups -OCH3 is 10. The highest BCUT2D eigenvalue weighted by atomic mass is 16.8. The molecule has 278 valence electrons. The molecule has 0 aromatic heterocycles. The van der Waals surface area contributed by atoms with Crippen molar-refractivity contribution < 1.29 is 71.1 Å². The summed E-state index contributed by atoms with van der Waals surface area (Å²) < 4.78 is 83.7. The molecule has 14 unspecified atom stereocenters. The second-order valence-corrected chi connectivity index (χ2v) is 11.5. The van der Waals surface area contributed by atoms with Gasteiger partial charge in [-0.3, -0.25) is 4.79 Å². The highest BCUT2D eigenvalue weighted by Crippen LogP contribution is 2.35. The molecule has 2 aliphatic heterocycles. The van der Waals surface area contributed by atoms with Crippen LogP contribution in [-0.2, 0) is 71.1 Å². The van der Waals surface area contributed by atoms with E-state index in [9.17, 15) is 4.79 Å². The number of hydrogen-bond acceptors (Lipinski definition) is 15. The molecule has 1 amide bonds. The van der Waals surface area contributed by atoms with E-state index < -0.39 is 73.6 Å². The van der Waals surface area contributed by atoms with E-state index in [0.29, 0.717) is 0 Å². The van der Waals surface area contributed by atoms with Crippen LogP contribution in [0.1, 0.15) is 13.8 Å². The molecule has 2 fully saturated rings. The second-order valence-electron chi connectivity index (χ2n) is 11.5. The van der Waals surface area contributed by atoms with Crippen molar-refractivity contribution >= 4 is 5.91 Å². The van der Waals surface area contributed by atoms with E-state index in [2.05, 4.69) is 0 Å². The van der Waals surface area contributed by atoms with Crippen molar-refractivity contribution in [2.24, 2.45) is 0 Å². The lowest BCUT2D eigenvalue weighted by Crippen LogP contribution is -2.66. The third-order valence-electron chi connectivity index (χ3n) is 8.90. The van der Waals surface area contributed by atoms with Crippen LogP contribution in [0.3, 0.4) is 0 Å². The van der Waals surface area contributed by atoms with Gasteiger partial charge >= 0.3 is 0 Å². The Hall–Kier alpha value is -1.09. The summed E-state index contributed by atoms with van der Waals surface area (Å²) in [6.45, 7) is 3.76. The van der Waals surface area contributed by atoms with Crippen LogP contribution in [0.5, 0.6) is 0 Å². The number of amides is 1. The normalized spacial score (nSPS) is 34.1. The predicted molar refractivity (Wildman–Crippen MR) is 166 cm³/mol. The zero-order valence-electron chi connectivity index (χ0n) is 30.3. The van der Waals surface area contributed by atoms with Gasteiger partial charge in [-0.1, -0.05) is 0 Å². The molecule has 0 N–H and O–H groups in total. The van der Waals surface area contributed by atoms with Gasteiger partial charge in [0.1, 0.15) is 61.0 Å². The average Bonchev–Trinajstić information content (AvgIpc) is 3.06. The van der Waals surface area contributed by atoms with Gasteiger partial charge in [-0.05, 0) is 6.92 Å². The number of carbonyl (C=O) groups excluding carboxylic acids is 1. The van der Waals surface area contributed by atoms with Gasteiger partial charge in [0, 0.05) is 85.1 Å². The molecule has 0 aliphatic carbocycles. The fourth-order valence-electron chi connectivity index (χ4n) is 6.38. The maximum atomic E-state index is 12.5. The van der Waals surface area contributed by atoms with Crippen molar-refractivity contribution in [1.82, 2.24) is 4.90 Å². The Morgan fingerprint density at radius 3 is 1.68 bits per heavy atom. The second kappa shape index (κ2) is 21.2. The van der Waals surface area contributed by atoms with Crippen LogP contribution < -0.4 is 0 Å². The quantitative estimate of drug-likeness (QED) is 0.161. The van der Waals surface area contributed by atoms with Crippen molar-refractivity contribution in [3.8, 4) is 0 Å². The van der Waals surface area contributed by atoms with Crippen molar-refractivity contribution in [1.29, 1.82) is 0 Å². The van der Waals surface area contributed by atoms with Gasteiger partial charge in [-0.25, -0.2) is 0 Å². The number of carbonyl (C=O) groups is 1. The molecule has 0 saturated carbocycles. The highest BCUT2D eigenvalue weighted by molar-refractivity contribution is 5.73. The fraction of sp³-hybridized carbons (Fsp3) is 0.968. The van der Waals surface area contributed by atoms with Crippen LogP contribution in [-0.4, -0.2) is 195 Å². The van der Waals surface area contributed by atoms with Gasteiger partial charge in [0.2, 0.25) is 5.91 Å². The van der Waals surface area contributed by atoms with E-state index >= 15 is 0 Å². The Morgan fingerprint density at radius 1 is 0.660 bits per heavy atom. The summed E-state index contributed by atoms with van der Waals surface area (Å²) in [6.07, 6.45) is -9.11. The van der Waals surface area contributed by atoms with Gasteiger partial charge in [-0.15, -0.1) is 0 Å². The largest absolute Gasteiger partial charge is 0.382 e. The molecule has 16 nitrogen and oxygen atoms in total. The first-order chi connectivity index (χ1) is 22.6. The third-order valence-corrected chi connectivity index (χ3v) is 8.90. The van der Waals surface area contributed by atoms with Crippen LogP contribution >= 0.6 is 0 Å². The number of nitrogens with zero attached hydrogens (tertiary/aromatic N) is 1. The number of ether oxygens (including phenoxy) is 14. The Labute approximate surface area is 279 Å². The lowest BCUT2D eigenvalue weighted by molar-refractivity contribution is -0.373. The fourth-order valence-corrected chi connectivity index (χ4v) is 6.38. The number of hydrogen-bond donors (Lipinski definition) is 0. The minimum Gasteiger partial charge on any atom is -0.382 e. The molecule has 0 aromatic rings. The highest BCUT2D eigenvalue weighted by Gasteiger charge is 2.54. The lowest BCUT2D eigenvalue weighted by atomic mass is 9.95. The van der Waals surface area contributed by atoms with E-state index in [4.69, 9.17) is 66.3 Å². The third kappa shape index (κ3) is 10.2. The van der Waals surface area contributed by atoms with E-state index in [1.54, 1.807) is 56.8 Å². The molecule has 2 rings (SSSR count). The minimum atomic E-state index is -1.04. The lowest BCUT2D eigenvalue weighted by Gasteiger charge is -2.50. The van der Waals surface area contributed by atoms with E-state index in [1.807, 2.05) is 6.92 Å². The molecule has 2 aliphatic rings. The predicted octanol–water partition coefficient (Wildman–Crippen LogP) is 0.118. The van der Waals surface area contributed by atoms with Gasteiger partial charge in [0.05, 0.1) is 32.0 Å². The Morgan fingerprint density at radius 2 is 1.21 bits per heavy atom. The Balaban J connectivity index is 2.52. The molecule has 0 aromatic carbocycles. The molecule has 2 heterocycles. The summed E-state index contributed by atoms with van der Waals surface area (Å²) >= 11 is 0. The zero-order valence-corrected chi connectivity index (χ0v) is 30.3. The summed E-state index contributed by atoms with van der Waals surface area (Å²) in [5.74, 6) is -0.182. The van der Waals surface area contributed by atoms with Crippen LogP contribution in [0, 0.1) is 0 Å². The first-order valence-corrected chi connectivity index (χ1v) is 15.6. The Bertz CT molecular complexity index is 873. The van der Waals surface area contributed by atoms with Crippen molar-refractivity contribution in [3.05, 3.63) is 0 Å². The van der Waals surface area contributed by atoms with Crippen molar-refractivity contribution in [2.45, 2.75) is 99.6 Å². The van der Waals surface area contributed by atoms with Gasteiger partial charge < -0.3 is 71.2 Å². The minimum absolute atomic E-state index is 0.110. The van der Waals surface area contributed by atoms with E-state index in [1.165, 1.54) is 33.2 Å². The average molecular weight is 686 g/mol. The molecule has 2 saturated heterocycles. The smallest absolute Gasteiger partial charge is 0.219 e. The molecule has 0 radical (unpaired) electrons. The monoisotopic (exact) mass is 685 g/mol. The Kier molecular flexibility index (Phi) is 19.0. The van der Waals surface area contributed by atoms with E-state index in [-0.39, 0.29) is 37.9 Å². The topological polar surface area (TPSA) is 150 Å². The standard InChI is InChI=1S/C31H59NO15/c1-17-22(38-8)26(40-10)28(42-12)30(44-17)47-25-21(16-36-6)45-31(29(43-13)27(25)41-11)46-24(20(37-7)15-35-5)23(39-9)19(14-34-4)32(3)18(2)33/h17,19-31H,14-16H2,1-13H3. The van der Waals surface area contributed by atoms with Gasteiger partial charge in [-0.2, -0.15) is 0 Å². The molecule has 0 spiro atoms. The maximum absolute atomic E-state index is 12.5. The summed E-state index contributed by atoms with van der Waals surface area (Å²) in [6, 6.07) is -0.559. The molecule has 47 heavy (non-hydrogen) atoms. The maximum Gasteiger partial charge on any atom is 0.219 e. The van der Waals surface area contributed by atoms with Crippen molar-refractivity contribution in [2.75, 3.05) is 98.0 Å². The summed E-state index contributed by atoms with van der Waals surface area (Å²) in [5.41, 5.74) is 0. The molecular weight excluding hydrogens is 626 g/mol. The number of likely N-dealkylation sites (N-methyl/N-ethyl adjacent to an activating group) is 1. The SMILES string of the molecule is COCC1OC(OC(C(COC)OC)C(OC)C(COC)N(C)C(C)=O)C(OC)C(OC)C1OC1OC(C)C(OC)C(OC)C1OC. The summed E-state index contributed by atoms with van der Waals surface area (Å²) in [4.78, 5) is 14.0. The molecular formula is C31H59NO15. The first kappa shape index (κ1) is 42.1. The van der Waals surface area contributed by atoms with Crippen LogP contribution in [0.4, 0.5) is 0 Å². The van der Waals surface area contributed by atoms with E-state index in [0.717, 1.165) is 0 Å². The molecule has 16 heteroatoms. The summed E-state index contributed by atoms with van der Waals surface area (Å²) in [5, 5.41) is 0. The molecule has 0 bridgehead atoms. The molecule has 14 atom stereocenters. The van der Waals surface area contributed by atoms with Crippen LogP contribution in [0.2, 0.25) is 0 Å². The first-order valence-electron chi connectivity index (χ1n) is 15.6. The van der Waals surface area contributed by atoms with Crippen LogP contribution in [0.15, 0.2) is 0 Å². The number of rotatable bonds is 21.